The molecule has 50 valence electrons. The molecule has 1 rings (SSSR count). The molecule has 1 heterocycles. The summed E-state index contributed by atoms with van der Waals surface area (Å²) in [6, 6.07) is 0.177. The highest BCUT2D eigenvalue weighted by molar-refractivity contribution is 5.33. The maximum atomic E-state index is 9.74. The van der Waals surface area contributed by atoms with Crippen LogP contribution in [0, 0.1) is 0 Å². The zero-order valence-corrected chi connectivity index (χ0v) is 5.17. The Morgan fingerprint density at radius 3 is 2.67 bits per heavy atom. The standard InChI is InChI=1S/C6H9NO2/c8-5-7-6-1-3-9-4-2-6/h6H,1-4H2. The van der Waals surface area contributed by atoms with E-state index in [0.717, 1.165) is 26.1 Å². The number of aliphatic imine (C=N–C) groups is 1. The molecule has 3 nitrogen and oxygen atoms in total. The van der Waals surface area contributed by atoms with Crippen LogP contribution in [0.25, 0.3) is 0 Å². The highest BCUT2D eigenvalue weighted by Gasteiger charge is 2.10. The van der Waals surface area contributed by atoms with Gasteiger partial charge in [0.05, 0.1) is 6.04 Å². The zero-order valence-electron chi connectivity index (χ0n) is 5.17. The first-order chi connectivity index (χ1) is 4.43. The van der Waals surface area contributed by atoms with Crippen LogP contribution in [0.3, 0.4) is 0 Å². The summed E-state index contributed by atoms with van der Waals surface area (Å²) in [6.07, 6.45) is 3.30. The summed E-state index contributed by atoms with van der Waals surface area (Å²) in [5.41, 5.74) is 0. The van der Waals surface area contributed by atoms with Crippen molar-refractivity contribution >= 4 is 6.08 Å². The van der Waals surface area contributed by atoms with E-state index in [1.54, 1.807) is 6.08 Å². The van der Waals surface area contributed by atoms with Crippen molar-refractivity contribution in [1.82, 2.24) is 0 Å². The van der Waals surface area contributed by atoms with Gasteiger partial charge in [0.25, 0.3) is 0 Å². The third-order valence-corrected chi connectivity index (χ3v) is 1.43. The third-order valence-electron chi connectivity index (χ3n) is 1.43. The van der Waals surface area contributed by atoms with Gasteiger partial charge < -0.3 is 4.74 Å². The average molecular weight is 127 g/mol. The number of hydrogen-bond acceptors (Lipinski definition) is 3. The molecule has 0 atom stereocenters. The maximum absolute atomic E-state index is 9.74. The van der Waals surface area contributed by atoms with Crippen molar-refractivity contribution in [3.05, 3.63) is 0 Å². The maximum Gasteiger partial charge on any atom is 0.235 e. The molecule has 9 heavy (non-hydrogen) atoms. The summed E-state index contributed by atoms with van der Waals surface area (Å²) < 4.78 is 5.06. The number of ether oxygens (including phenoxy) is 1. The Labute approximate surface area is 53.7 Å². The predicted octanol–water partition coefficient (Wildman–Crippen LogP) is 0.501. The van der Waals surface area contributed by atoms with E-state index in [1.807, 2.05) is 0 Å². The summed E-state index contributed by atoms with van der Waals surface area (Å²) in [5.74, 6) is 0. The van der Waals surface area contributed by atoms with E-state index < -0.39 is 0 Å². The highest BCUT2D eigenvalue weighted by atomic mass is 16.5. The summed E-state index contributed by atoms with van der Waals surface area (Å²) in [7, 11) is 0. The van der Waals surface area contributed by atoms with Crippen molar-refractivity contribution < 1.29 is 9.53 Å². The fourth-order valence-corrected chi connectivity index (χ4v) is 0.889. The van der Waals surface area contributed by atoms with Gasteiger partial charge in [0.2, 0.25) is 6.08 Å². The fraction of sp³-hybridized carbons (Fsp3) is 0.833. The van der Waals surface area contributed by atoms with E-state index in [4.69, 9.17) is 4.74 Å². The molecule has 0 aromatic rings. The van der Waals surface area contributed by atoms with Crippen LogP contribution in [-0.2, 0) is 9.53 Å². The molecule has 0 N–H and O–H groups in total. The smallest absolute Gasteiger partial charge is 0.235 e. The molecular weight excluding hydrogens is 118 g/mol. The highest BCUT2D eigenvalue weighted by Crippen LogP contribution is 2.08. The van der Waals surface area contributed by atoms with E-state index in [9.17, 15) is 4.79 Å². The second-order valence-corrected chi connectivity index (χ2v) is 2.06. The summed E-state index contributed by atoms with van der Waals surface area (Å²) in [6.45, 7) is 1.46. The monoisotopic (exact) mass is 127 g/mol. The molecule has 1 aliphatic rings. The molecule has 0 bridgehead atoms. The van der Waals surface area contributed by atoms with Crippen LogP contribution < -0.4 is 0 Å². The van der Waals surface area contributed by atoms with Gasteiger partial charge in [-0.1, -0.05) is 0 Å². The quantitative estimate of drug-likeness (QED) is 0.380. The Kier molecular flexibility index (Phi) is 2.43. The van der Waals surface area contributed by atoms with Crippen molar-refractivity contribution in [2.24, 2.45) is 4.99 Å². The van der Waals surface area contributed by atoms with E-state index in [2.05, 4.69) is 4.99 Å². The van der Waals surface area contributed by atoms with Crippen LogP contribution in [0.5, 0.6) is 0 Å². The lowest BCUT2D eigenvalue weighted by Gasteiger charge is -2.15. The second-order valence-electron chi connectivity index (χ2n) is 2.06. The Morgan fingerprint density at radius 1 is 1.44 bits per heavy atom. The van der Waals surface area contributed by atoms with Gasteiger partial charge in [0.1, 0.15) is 0 Å². The lowest BCUT2D eigenvalue weighted by Crippen LogP contribution is -2.18. The largest absolute Gasteiger partial charge is 0.381 e. The van der Waals surface area contributed by atoms with Crippen LogP contribution in [0.4, 0.5) is 0 Å². The topological polar surface area (TPSA) is 38.7 Å². The molecule has 0 aliphatic carbocycles. The fourth-order valence-electron chi connectivity index (χ4n) is 0.889. The molecule has 3 heteroatoms. The molecule has 0 unspecified atom stereocenters. The van der Waals surface area contributed by atoms with Gasteiger partial charge in [0, 0.05) is 13.2 Å². The minimum atomic E-state index is 0.177. The predicted molar refractivity (Wildman–Crippen MR) is 32.0 cm³/mol. The van der Waals surface area contributed by atoms with E-state index in [1.165, 1.54) is 0 Å². The van der Waals surface area contributed by atoms with Gasteiger partial charge in [-0.15, -0.1) is 0 Å². The van der Waals surface area contributed by atoms with Crippen LogP contribution in [0.15, 0.2) is 4.99 Å². The number of isocyanates is 1. The van der Waals surface area contributed by atoms with Crippen LogP contribution in [0.1, 0.15) is 12.8 Å². The molecule has 1 saturated heterocycles. The number of carbonyl (C=O) groups excluding carboxylic acids is 1. The molecule has 1 fully saturated rings. The molecule has 0 amide bonds. The van der Waals surface area contributed by atoms with Crippen LogP contribution in [-0.4, -0.2) is 25.3 Å². The molecule has 1 aliphatic heterocycles. The third kappa shape index (κ3) is 1.96. The van der Waals surface area contributed by atoms with Crippen molar-refractivity contribution in [3.63, 3.8) is 0 Å². The van der Waals surface area contributed by atoms with Gasteiger partial charge in [0.15, 0.2) is 0 Å². The molecule has 0 radical (unpaired) electrons. The van der Waals surface area contributed by atoms with Crippen LogP contribution in [0.2, 0.25) is 0 Å². The van der Waals surface area contributed by atoms with Gasteiger partial charge in [-0.25, -0.2) is 9.79 Å². The number of hydrogen-bond donors (Lipinski definition) is 0. The Hall–Kier alpha value is -0.660. The van der Waals surface area contributed by atoms with Gasteiger partial charge >= 0.3 is 0 Å². The summed E-state index contributed by atoms with van der Waals surface area (Å²) in [4.78, 5) is 13.3. The van der Waals surface area contributed by atoms with E-state index in [-0.39, 0.29) is 6.04 Å². The van der Waals surface area contributed by atoms with Crippen LogP contribution >= 0.6 is 0 Å². The molecule has 0 aromatic heterocycles. The van der Waals surface area contributed by atoms with Crippen molar-refractivity contribution in [1.29, 1.82) is 0 Å². The second kappa shape index (κ2) is 3.38. The average Bonchev–Trinajstić information content (AvgIpc) is 1.91. The SMILES string of the molecule is O=C=NC1CCOCC1. The number of rotatable bonds is 1. The zero-order chi connectivity index (χ0) is 6.53. The summed E-state index contributed by atoms with van der Waals surface area (Å²) >= 11 is 0. The first-order valence-electron chi connectivity index (χ1n) is 3.08. The summed E-state index contributed by atoms with van der Waals surface area (Å²) in [5, 5.41) is 0. The van der Waals surface area contributed by atoms with Crippen molar-refractivity contribution in [2.75, 3.05) is 13.2 Å². The molecule has 0 saturated carbocycles. The van der Waals surface area contributed by atoms with E-state index in [0.29, 0.717) is 0 Å². The lowest BCUT2D eigenvalue weighted by atomic mass is 10.1. The Bertz CT molecular complexity index is 123. The lowest BCUT2D eigenvalue weighted by molar-refractivity contribution is 0.0871. The molecule has 0 spiro atoms. The van der Waals surface area contributed by atoms with Crippen molar-refractivity contribution in [3.8, 4) is 0 Å². The normalized spacial score (nSPS) is 20.9. The van der Waals surface area contributed by atoms with Gasteiger partial charge in [-0.3, -0.25) is 0 Å². The Morgan fingerprint density at radius 2 is 2.11 bits per heavy atom. The van der Waals surface area contributed by atoms with Gasteiger partial charge in [-0.2, -0.15) is 0 Å². The number of nitrogens with zero attached hydrogens (tertiary/aromatic N) is 1. The minimum absolute atomic E-state index is 0.177. The first-order valence-corrected chi connectivity index (χ1v) is 3.08. The molecule has 0 aromatic carbocycles. The molecular formula is C6H9NO2. The van der Waals surface area contributed by atoms with E-state index >= 15 is 0 Å². The minimum Gasteiger partial charge on any atom is -0.381 e. The Balaban J connectivity index is 2.31. The first kappa shape index (κ1) is 6.46. The van der Waals surface area contributed by atoms with Crippen molar-refractivity contribution in [2.45, 2.75) is 18.9 Å². The van der Waals surface area contributed by atoms with Gasteiger partial charge in [-0.05, 0) is 12.8 Å².